The molecule has 2 bridgehead atoms. The number of carbonyl (C=O) groups excluding carboxylic acids is 1. The van der Waals surface area contributed by atoms with E-state index in [1.165, 1.54) is 0 Å². The van der Waals surface area contributed by atoms with Gasteiger partial charge in [0.05, 0.1) is 12.1 Å². The zero-order chi connectivity index (χ0) is 14.5. The van der Waals surface area contributed by atoms with E-state index in [2.05, 4.69) is 4.90 Å². The standard InChI is InChI=1S/C13H19F3N2O2/c14-13(15,16)7-17-4-3-11(12(17)20)18-8-1-2-9(18)6-10(19)5-8/h8-11,19H,1-7H2. The summed E-state index contributed by atoms with van der Waals surface area (Å²) >= 11 is 0. The van der Waals surface area contributed by atoms with Crippen LogP contribution in [-0.2, 0) is 4.79 Å². The van der Waals surface area contributed by atoms with Gasteiger partial charge >= 0.3 is 6.18 Å². The minimum Gasteiger partial charge on any atom is -0.393 e. The van der Waals surface area contributed by atoms with Crippen molar-refractivity contribution in [3.8, 4) is 0 Å². The van der Waals surface area contributed by atoms with Crippen LogP contribution in [0.15, 0.2) is 0 Å². The summed E-state index contributed by atoms with van der Waals surface area (Å²) in [6.07, 6.45) is -1.04. The van der Waals surface area contributed by atoms with Crippen molar-refractivity contribution < 1.29 is 23.1 Å². The number of hydrogen-bond acceptors (Lipinski definition) is 3. The van der Waals surface area contributed by atoms with Gasteiger partial charge in [0.15, 0.2) is 0 Å². The highest BCUT2D eigenvalue weighted by Gasteiger charge is 2.49. The minimum atomic E-state index is -4.33. The lowest BCUT2D eigenvalue weighted by atomic mass is 9.97. The number of aliphatic hydroxyl groups excluding tert-OH is 1. The van der Waals surface area contributed by atoms with Crippen molar-refractivity contribution in [1.82, 2.24) is 9.80 Å². The molecule has 3 rings (SSSR count). The smallest absolute Gasteiger partial charge is 0.393 e. The van der Waals surface area contributed by atoms with Crippen LogP contribution < -0.4 is 0 Å². The summed E-state index contributed by atoms with van der Waals surface area (Å²) < 4.78 is 37.3. The number of alkyl halides is 3. The average molecular weight is 292 g/mol. The monoisotopic (exact) mass is 292 g/mol. The number of nitrogens with zero attached hydrogens (tertiary/aromatic N) is 2. The third-order valence-corrected chi connectivity index (χ3v) is 4.76. The molecular formula is C13H19F3N2O2. The summed E-state index contributed by atoms with van der Waals surface area (Å²) in [6.45, 7) is -0.963. The zero-order valence-corrected chi connectivity index (χ0v) is 11.1. The summed E-state index contributed by atoms with van der Waals surface area (Å²) in [5.74, 6) is -0.393. The lowest BCUT2D eigenvalue weighted by Gasteiger charge is -2.40. The van der Waals surface area contributed by atoms with Gasteiger partial charge in [0, 0.05) is 18.6 Å². The van der Waals surface area contributed by atoms with Crippen LogP contribution in [0.3, 0.4) is 0 Å². The van der Waals surface area contributed by atoms with Gasteiger partial charge in [-0.1, -0.05) is 0 Å². The molecule has 114 valence electrons. The quantitative estimate of drug-likeness (QED) is 0.830. The molecule has 0 aliphatic carbocycles. The van der Waals surface area contributed by atoms with Gasteiger partial charge in [-0.15, -0.1) is 0 Å². The van der Waals surface area contributed by atoms with E-state index < -0.39 is 24.7 Å². The number of fused-ring (bicyclic) bond motifs is 2. The number of hydrogen-bond donors (Lipinski definition) is 1. The van der Waals surface area contributed by atoms with Gasteiger partial charge in [-0.2, -0.15) is 13.2 Å². The van der Waals surface area contributed by atoms with E-state index in [1.807, 2.05) is 0 Å². The molecule has 0 saturated carbocycles. The number of halogens is 3. The molecule has 0 aromatic heterocycles. The van der Waals surface area contributed by atoms with Crippen molar-refractivity contribution in [3.63, 3.8) is 0 Å². The fourth-order valence-electron chi connectivity index (χ4n) is 4.07. The molecule has 1 amide bonds. The Morgan fingerprint density at radius 3 is 2.30 bits per heavy atom. The Bertz CT molecular complexity index is 388. The highest BCUT2D eigenvalue weighted by atomic mass is 19.4. The number of carbonyl (C=O) groups is 1. The molecule has 3 atom stereocenters. The number of amides is 1. The third-order valence-electron chi connectivity index (χ3n) is 4.76. The van der Waals surface area contributed by atoms with Crippen molar-refractivity contribution in [2.45, 2.75) is 62.5 Å². The van der Waals surface area contributed by atoms with Crippen LogP contribution in [0.5, 0.6) is 0 Å². The number of likely N-dealkylation sites (tertiary alicyclic amines) is 1. The maximum Gasteiger partial charge on any atom is 0.406 e. The summed E-state index contributed by atoms with van der Waals surface area (Å²) in [6, 6.07) is -0.102. The highest BCUT2D eigenvalue weighted by Crippen LogP contribution is 2.39. The Hall–Kier alpha value is -0.820. The second-order valence-electron chi connectivity index (χ2n) is 6.14. The SMILES string of the molecule is O=C1C(N2C3CCC2CC(O)C3)CCN1CC(F)(F)F. The van der Waals surface area contributed by atoms with Gasteiger partial charge in [0.1, 0.15) is 6.54 Å². The summed E-state index contributed by atoms with van der Waals surface area (Å²) in [7, 11) is 0. The lowest BCUT2D eigenvalue weighted by molar-refractivity contribution is -0.160. The second-order valence-corrected chi connectivity index (χ2v) is 6.14. The molecule has 1 N–H and O–H groups in total. The van der Waals surface area contributed by atoms with Crippen molar-refractivity contribution >= 4 is 5.91 Å². The van der Waals surface area contributed by atoms with Crippen molar-refractivity contribution in [2.75, 3.05) is 13.1 Å². The molecule has 3 saturated heterocycles. The first kappa shape index (κ1) is 14.1. The van der Waals surface area contributed by atoms with Gasteiger partial charge in [0.25, 0.3) is 0 Å². The molecule has 0 aromatic carbocycles. The zero-order valence-electron chi connectivity index (χ0n) is 11.1. The number of piperidine rings is 1. The third kappa shape index (κ3) is 2.53. The summed E-state index contributed by atoms with van der Waals surface area (Å²) in [4.78, 5) is 15.2. The molecule has 3 aliphatic heterocycles. The highest BCUT2D eigenvalue weighted by molar-refractivity contribution is 5.84. The van der Waals surface area contributed by atoms with E-state index >= 15 is 0 Å². The van der Waals surface area contributed by atoms with Crippen LogP contribution in [0.2, 0.25) is 0 Å². The Balaban J connectivity index is 1.69. The van der Waals surface area contributed by atoms with Crippen LogP contribution in [0.1, 0.15) is 32.1 Å². The molecule has 20 heavy (non-hydrogen) atoms. The maximum atomic E-state index is 12.4. The maximum absolute atomic E-state index is 12.4. The molecule has 3 fully saturated rings. The number of rotatable bonds is 2. The molecule has 0 radical (unpaired) electrons. The summed E-state index contributed by atoms with van der Waals surface area (Å²) in [5.41, 5.74) is 0. The fourth-order valence-corrected chi connectivity index (χ4v) is 4.07. The molecule has 0 aromatic rings. The predicted octanol–water partition coefficient (Wildman–Crippen LogP) is 1.14. The Morgan fingerprint density at radius 1 is 1.15 bits per heavy atom. The van der Waals surface area contributed by atoms with Crippen molar-refractivity contribution in [2.24, 2.45) is 0 Å². The van der Waals surface area contributed by atoms with E-state index in [0.717, 1.165) is 17.7 Å². The average Bonchev–Trinajstić information content (AvgIpc) is 2.78. The molecule has 3 unspecified atom stereocenters. The first-order chi connectivity index (χ1) is 9.35. The second kappa shape index (κ2) is 4.87. The van der Waals surface area contributed by atoms with Crippen LogP contribution in [0, 0.1) is 0 Å². The van der Waals surface area contributed by atoms with E-state index in [4.69, 9.17) is 0 Å². The Kier molecular flexibility index (Phi) is 3.44. The normalized spacial score (nSPS) is 38.8. The van der Waals surface area contributed by atoms with Gasteiger partial charge < -0.3 is 10.0 Å². The molecule has 4 nitrogen and oxygen atoms in total. The summed E-state index contributed by atoms with van der Waals surface area (Å²) in [5, 5.41) is 9.75. The molecule has 3 heterocycles. The van der Waals surface area contributed by atoms with E-state index in [9.17, 15) is 23.1 Å². The van der Waals surface area contributed by atoms with E-state index in [-0.39, 0.29) is 24.7 Å². The molecule has 3 aliphatic rings. The minimum absolute atomic E-state index is 0.156. The van der Waals surface area contributed by atoms with Gasteiger partial charge in [0.2, 0.25) is 5.91 Å². The molecule has 7 heteroatoms. The molecular weight excluding hydrogens is 273 g/mol. The van der Waals surface area contributed by atoms with Crippen LogP contribution in [0.25, 0.3) is 0 Å². The Labute approximate surface area is 115 Å². The predicted molar refractivity (Wildman–Crippen MR) is 64.9 cm³/mol. The van der Waals surface area contributed by atoms with Gasteiger partial charge in [-0.25, -0.2) is 0 Å². The lowest BCUT2D eigenvalue weighted by Crippen LogP contribution is -2.53. The van der Waals surface area contributed by atoms with Gasteiger partial charge in [-0.3, -0.25) is 9.69 Å². The first-order valence-corrected chi connectivity index (χ1v) is 7.16. The topological polar surface area (TPSA) is 43.8 Å². The largest absolute Gasteiger partial charge is 0.406 e. The fraction of sp³-hybridized carbons (Fsp3) is 0.923. The van der Waals surface area contributed by atoms with E-state index in [0.29, 0.717) is 19.3 Å². The van der Waals surface area contributed by atoms with Crippen molar-refractivity contribution in [3.05, 3.63) is 0 Å². The number of aliphatic hydroxyl groups is 1. The van der Waals surface area contributed by atoms with E-state index in [1.54, 1.807) is 0 Å². The van der Waals surface area contributed by atoms with Gasteiger partial charge in [-0.05, 0) is 32.1 Å². The van der Waals surface area contributed by atoms with Crippen LogP contribution in [-0.4, -0.2) is 64.3 Å². The van der Waals surface area contributed by atoms with Crippen LogP contribution in [0.4, 0.5) is 13.2 Å². The molecule has 0 spiro atoms. The first-order valence-electron chi connectivity index (χ1n) is 7.16. The Morgan fingerprint density at radius 2 is 1.75 bits per heavy atom. The van der Waals surface area contributed by atoms with Crippen molar-refractivity contribution in [1.29, 1.82) is 0 Å². The van der Waals surface area contributed by atoms with Crippen LogP contribution >= 0.6 is 0 Å².